The summed E-state index contributed by atoms with van der Waals surface area (Å²) in [4.78, 5) is 36.2. The van der Waals surface area contributed by atoms with Gasteiger partial charge in [0.25, 0.3) is 11.8 Å². The Morgan fingerprint density at radius 2 is 1.86 bits per heavy atom. The van der Waals surface area contributed by atoms with Gasteiger partial charge in [-0.3, -0.25) is 20.4 Å². The van der Waals surface area contributed by atoms with Crippen molar-refractivity contribution in [1.82, 2.24) is 10.9 Å². The first-order valence-electron chi connectivity index (χ1n) is 8.77. The van der Waals surface area contributed by atoms with Gasteiger partial charge in [0.05, 0.1) is 7.11 Å². The molecule has 0 aliphatic carbocycles. The van der Waals surface area contributed by atoms with Crippen LogP contribution in [0.1, 0.15) is 15.9 Å². The van der Waals surface area contributed by atoms with Crippen LogP contribution in [0, 0.1) is 6.92 Å². The molecule has 0 saturated heterocycles. The van der Waals surface area contributed by atoms with E-state index in [4.69, 9.17) is 18.9 Å². The summed E-state index contributed by atoms with van der Waals surface area (Å²) in [7, 11) is 1.43. The topological polar surface area (TPSA) is 112 Å². The van der Waals surface area contributed by atoms with E-state index in [9.17, 15) is 14.4 Å². The quantitative estimate of drug-likeness (QED) is 0.572. The van der Waals surface area contributed by atoms with Crippen LogP contribution in [-0.4, -0.2) is 44.2 Å². The number of methoxy groups -OCH3 is 1. The Bertz CT molecular complexity index is 929. The average molecular weight is 400 g/mol. The largest absolute Gasteiger partial charge is 0.496 e. The van der Waals surface area contributed by atoms with Gasteiger partial charge >= 0.3 is 5.97 Å². The molecule has 0 saturated carbocycles. The second kappa shape index (κ2) is 8.96. The van der Waals surface area contributed by atoms with Gasteiger partial charge in [-0.15, -0.1) is 0 Å². The van der Waals surface area contributed by atoms with Gasteiger partial charge in [-0.2, -0.15) is 0 Å². The highest BCUT2D eigenvalue weighted by molar-refractivity contribution is 5.94. The van der Waals surface area contributed by atoms with Crippen molar-refractivity contribution < 1.29 is 33.3 Å². The van der Waals surface area contributed by atoms with E-state index in [1.807, 2.05) is 6.92 Å². The summed E-state index contributed by atoms with van der Waals surface area (Å²) >= 11 is 0. The fourth-order valence-electron chi connectivity index (χ4n) is 2.59. The fraction of sp³-hybridized carbons (Fsp3) is 0.250. The van der Waals surface area contributed by atoms with E-state index in [-0.39, 0.29) is 12.2 Å². The molecule has 0 spiro atoms. The minimum Gasteiger partial charge on any atom is -0.496 e. The minimum absolute atomic E-state index is 0.000849. The molecule has 0 aromatic heterocycles. The van der Waals surface area contributed by atoms with Gasteiger partial charge in [0.1, 0.15) is 17.9 Å². The van der Waals surface area contributed by atoms with Gasteiger partial charge in [-0.05, 0) is 31.2 Å². The van der Waals surface area contributed by atoms with Crippen LogP contribution in [0.2, 0.25) is 0 Å². The number of aryl methyl sites for hydroxylation is 1. The highest BCUT2D eigenvalue weighted by Crippen LogP contribution is 2.30. The lowest BCUT2D eigenvalue weighted by molar-refractivity contribution is -0.135. The summed E-state index contributed by atoms with van der Waals surface area (Å²) in [5.41, 5.74) is 5.43. The maximum Gasteiger partial charge on any atom is 0.342 e. The first-order valence-corrected chi connectivity index (χ1v) is 8.77. The zero-order chi connectivity index (χ0) is 20.8. The molecule has 0 bridgehead atoms. The zero-order valence-electron chi connectivity index (χ0n) is 15.9. The first-order chi connectivity index (χ1) is 14.0. The maximum atomic E-state index is 12.2. The van der Waals surface area contributed by atoms with E-state index < -0.39 is 30.5 Å². The van der Waals surface area contributed by atoms with Gasteiger partial charge in [0, 0.05) is 0 Å². The van der Waals surface area contributed by atoms with Crippen LogP contribution in [0.25, 0.3) is 0 Å². The molecule has 0 fully saturated rings. The fourth-order valence-corrected chi connectivity index (χ4v) is 2.59. The maximum absolute atomic E-state index is 12.2. The molecule has 3 rings (SSSR count). The van der Waals surface area contributed by atoms with Crippen LogP contribution in [0.5, 0.6) is 17.2 Å². The molecule has 1 aliphatic rings. The second-order valence-corrected chi connectivity index (χ2v) is 6.18. The number of rotatable bonds is 5. The Hall–Kier alpha value is -3.75. The summed E-state index contributed by atoms with van der Waals surface area (Å²) in [6.45, 7) is 1.23. The van der Waals surface area contributed by atoms with Crippen molar-refractivity contribution in [3.05, 3.63) is 53.6 Å². The van der Waals surface area contributed by atoms with Crippen molar-refractivity contribution in [2.75, 3.05) is 20.3 Å². The number of hydrogen-bond acceptors (Lipinski definition) is 7. The number of hydrazine groups is 1. The second-order valence-electron chi connectivity index (χ2n) is 6.18. The molecule has 1 heterocycles. The Balaban J connectivity index is 1.46. The molecule has 2 aromatic carbocycles. The Morgan fingerprint density at radius 1 is 1.10 bits per heavy atom. The van der Waals surface area contributed by atoms with E-state index in [0.29, 0.717) is 17.2 Å². The first kappa shape index (κ1) is 20.0. The van der Waals surface area contributed by atoms with Crippen molar-refractivity contribution in [3.8, 4) is 17.2 Å². The highest BCUT2D eigenvalue weighted by atomic mass is 16.6. The van der Waals surface area contributed by atoms with Gasteiger partial charge in [-0.1, -0.05) is 23.8 Å². The Morgan fingerprint density at radius 3 is 2.62 bits per heavy atom. The summed E-state index contributed by atoms with van der Waals surface area (Å²) in [5.74, 6) is -0.711. The smallest absolute Gasteiger partial charge is 0.342 e. The van der Waals surface area contributed by atoms with Crippen LogP contribution in [0.3, 0.4) is 0 Å². The van der Waals surface area contributed by atoms with Gasteiger partial charge < -0.3 is 18.9 Å². The number of ether oxygens (including phenoxy) is 4. The third-order valence-corrected chi connectivity index (χ3v) is 4.04. The van der Waals surface area contributed by atoms with Crippen molar-refractivity contribution >= 4 is 17.8 Å². The van der Waals surface area contributed by atoms with Gasteiger partial charge in [-0.25, -0.2) is 4.79 Å². The third kappa shape index (κ3) is 4.95. The lowest BCUT2D eigenvalue weighted by Gasteiger charge is -2.25. The van der Waals surface area contributed by atoms with E-state index >= 15 is 0 Å². The summed E-state index contributed by atoms with van der Waals surface area (Å²) in [6.07, 6.45) is -0.927. The van der Waals surface area contributed by atoms with Gasteiger partial charge in [0.15, 0.2) is 18.1 Å². The van der Waals surface area contributed by atoms with Crippen LogP contribution in [0.4, 0.5) is 0 Å². The van der Waals surface area contributed by atoms with E-state index in [0.717, 1.165) is 5.56 Å². The lowest BCUT2D eigenvalue weighted by Crippen LogP contribution is -2.51. The van der Waals surface area contributed by atoms with E-state index in [1.165, 1.54) is 7.11 Å². The predicted molar refractivity (Wildman–Crippen MR) is 101 cm³/mol. The van der Waals surface area contributed by atoms with E-state index in [2.05, 4.69) is 10.9 Å². The van der Waals surface area contributed by atoms with E-state index in [1.54, 1.807) is 42.5 Å². The monoisotopic (exact) mass is 400 g/mol. The van der Waals surface area contributed by atoms with Crippen LogP contribution >= 0.6 is 0 Å². The predicted octanol–water partition coefficient (Wildman–Crippen LogP) is 1.15. The normalized spacial score (nSPS) is 14.5. The van der Waals surface area contributed by atoms with Crippen molar-refractivity contribution in [3.63, 3.8) is 0 Å². The number of amides is 2. The van der Waals surface area contributed by atoms with Gasteiger partial charge in [0.2, 0.25) is 6.10 Å². The molecule has 152 valence electrons. The number of para-hydroxylation sites is 2. The molecule has 9 heteroatoms. The summed E-state index contributed by atoms with van der Waals surface area (Å²) < 4.78 is 21.1. The standard InChI is InChI=1S/C20H20N2O7/c1-12-7-8-14(26-2)13(9-12)20(25)28-11-18(23)21-22-19(24)17-10-27-15-5-3-4-6-16(15)29-17/h3-9,17H,10-11H2,1-2H3,(H,21,23)(H,22,24)/t17-/m0/s1. The molecule has 29 heavy (non-hydrogen) atoms. The number of hydrogen-bond donors (Lipinski definition) is 2. The lowest BCUT2D eigenvalue weighted by atomic mass is 10.1. The number of carbonyl (C=O) groups excluding carboxylic acids is 3. The molecule has 9 nitrogen and oxygen atoms in total. The Labute approximate surface area is 166 Å². The highest BCUT2D eigenvalue weighted by Gasteiger charge is 2.27. The molecule has 1 aliphatic heterocycles. The molecular formula is C20H20N2O7. The van der Waals surface area contributed by atoms with Crippen LogP contribution in [-0.2, 0) is 14.3 Å². The summed E-state index contributed by atoms with van der Waals surface area (Å²) in [5, 5.41) is 0. The SMILES string of the molecule is COc1ccc(C)cc1C(=O)OCC(=O)NNC(=O)[C@@H]1COc2ccccc2O1. The molecule has 0 radical (unpaired) electrons. The molecule has 2 amide bonds. The number of esters is 1. The van der Waals surface area contributed by atoms with Crippen molar-refractivity contribution in [2.24, 2.45) is 0 Å². The molecule has 2 aromatic rings. The van der Waals surface area contributed by atoms with Crippen LogP contribution in [0.15, 0.2) is 42.5 Å². The van der Waals surface area contributed by atoms with Crippen molar-refractivity contribution in [1.29, 1.82) is 0 Å². The molecule has 0 unspecified atom stereocenters. The number of benzene rings is 2. The number of nitrogens with one attached hydrogen (secondary N) is 2. The number of fused-ring (bicyclic) bond motifs is 1. The average Bonchev–Trinajstić information content (AvgIpc) is 2.75. The molecule has 2 N–H and O–H groups in total. The summed E-state index contributed by atoms with van der Waals surface area (Å²) in [6, 6.07) is 12.0. The van der Waals surface area contributed by atoms with Crippen LogP contribution < -0.4 is 25.1 Å². The Kier molecular flexibility index (Phi) is 6.18. The zero-order valence-corrected chi connectivity index (χ0v) is 15.9. The number of carbonyl (C=O) groups is 3. The minimum atomic E-state index is -0.927. The molecule has 1 atom stereocenters. The van der Waals surface area contributed by atoms with Crippen molar-refractivity contribution in [2.45, 2.75) is 13.0 Å². The third-order valence-electron chi connectivity index (χ3n) is 4.04. The molecular weight excluding hydrogens is 380 g/mol.